The monoisotopic (exact) mass is 337 g/mol. The van der Waals surface area contributed by atoms with Crippen molar-refractivity contribution in [2.24, 2.45) is 0 Å². The van der Waals surface area contributed by atoms with E-state index in [0.717, 1.165) is 5.56 Å². The molecule has 1 atom stereocenters. The van der Waals surface area contributed by atoms with E-state index in [2.05, 4.69) is 10.1 Å². The van der Waals surface area contributed by atoms with Crippen molar-refractivity contribution in [2.45, 2.75) is 25.7 Å². The van der Waals surface area contributed by atoms with Gasteiger partial charge in [-0.3, -0.25) is 4.79 Å². The van der Waals surface area contributed by atoms with E-state index in [1.807, 2.05) is 37.3 Å². The summed E-state index contributed by atoms with van der Waals surface area (Å²) in [7, 11) is 0. The summed E-state index contributed by atoms with van der Waals surface area (Å²) in [5.41, 5.74) is 2.01. The van der Waals surface area contributed by atoms with Gasteiger partial charge in [0, 0.05) is 5.56 Å². The maximum atomic E-state index is 12.2. The third kappa shape index (κ3) is 5.70. The Kier molecular flexibility index (Phi) is 5.98. The summed E-state index contributed by atoms with van der Waals surface area (Å²) in [6, 6.07) is 15.7. The largest absolute Gasteiger partial charge is 0.411 e. The SMILES string of the molecule is C[C@H](NC(=O)c1ccc(COCC(F)(F)F)cc1)c1ccccc1. The molecule has 2 aromatic rings. The summed E-state index contributed by atoms with van der Waals surface area (Å²) >= 11 is 0. The van der Waals surface area contributed by atoms with Gasteiger partial charge in [-0.15, -0.1) is 0 Å². The van der Waals surface area contributed by atoms with E-state index in [0.29, 0.717) is 11.1 Å². The Labute approximate surface area is 138 Å². The Morgan fingerprint density at radius 3 is 2.29 bits per heavy atom. The first-order valence-corrected chi connectivity index (χ1v) is 7.44. The van der Waals surface area contributed by atoms with Crippen LogP contribution in [-0.2, 0) is 11.3 Å². The van der Waals surface area contributed by atoms with E-state index in [1.165, 1.54) is 0 Å². The van der Waals surface area contributed by atoms with Crippen molar-refractivity contribution in [3.63, 3.8) is 0 Å². The van der Waals surface area contributed by atoms with Crippen molar-refractivity contribution in [3.05, 3.63) is 71.3 Å². The molecule has 1 amide bonds. The molecule has 0 aliphatic heterocycles. The fourth-order valence-corrected chi connectivity index (χ4v) is 2.14. The molecule has 0 saturated heterocycles. The summed E-state index contributed by atoms with van der Waals surface area (Å²) < 4.78 is 40.6. The van der Waals surface area contributed by atoms with E-state index in [1.54, 1.807) is 24.3 Å². The van der Waals surface area contributed by atoms with Gasteiger partial charge in [0.1, 0.15) is 6.61 Å². The molecule has 0 bridgehead atoms. The summed E-state index contributed by atoms with van der Waals surface area (Å²) in [6.45, 7) is 0.443. The topological polar surface area (TPSA) is 38.3 Å². The van der Waals surface area contributed by atoms with Crippen molar-refractivity contribution in [3.8, 4) is 0 Å². The number of nitrogens with one attached hydrogen (secondary N) is 1. The first-order valence-electron chi connectivity index (χ1n) is 7.44. The molecule has 0 radical (unpaired) electrons. The van der Waals surface area contributed by atoms with Gasteiger partial charge in [0.05, 0.1) is 12.6 Å². The lowest BCUT2D eigenvalue weighted by Crippen LogP contribution is -2.26. The summed E-state index contributed by atoms with van der Waals surface area (Å²) in [4.78, 5) is 12.2. The molecule has 2 aromatic carbocycles. The van der Waals surface area contributed by atoms with Crippen LogP contribution in [0, 0.1) is 0 Å². The Morgan fingerprint density at radius 1 is 1.08 bits per heavy atom. The molecule has 0 aromatic heterocycles. The molecule has 0 aliphatic rings. The second kappa shape index (κ2) is 7.97. The normalized spacial score (nSPS) is 12.7. The van der Waals surface area contributed by atoms with Crippen LogP contribution in [0.15, 0.2) is 54.6 Å². The van der Waals surface area contributed by atoms with Gasteiger partial charge in [-0.25, -0.2) is 0 Å². The third-order valence-corrected chi connectivity index (χ3v) is 3.40. The highest BCUT2D eigenvalue weighted by molar-refractivity contribution is 5.94. The number of benzene rings is 2. The van der Waals surface area contributed by atoms with Crippen molar-refractivity contribution in [2.75, 3.05) is 6.61 Å². The maximum absolute atomic E-state index is 12.2. The average molecular weight is 337 g/mol. The van der Waals surface area contributed by atoms with Gasteiger partial charge in [0.15, 0.2) is 0 Å². The Morgan fingerprint density at radius 2 is 1.71 bits per heavy atom. The number of hydrogen-bond acceptors (Lipinski definition) is 2. The number of rotatable bonds is 6. The zero-order chi connectivity index (χ0) is 17.6. The Hall–Kier alpha value is -2.34. The molecule has 24 heavy (non-hydrogen) atoms. The number of halogens is 3. The molecular formula is C18H18F3NO2. The van der Waals surface area contributed by atoms with Crippen LogP contribution in [0.4, 0.5) is 13.2 Å². The lowest BCUT2D eigenvalue weighted by Gasteiger charge is -2.14. The highest BCUT2D eigenvalue weighted by Crippen LogP contribution is 2.16. The molecule has 1 N–H and O–H groups in total. The minimum Gasteiger partial charge on any atom is -0.367 e. The highest BCUT2D eigenvalue weighted by Gasteiger charge is 2.27. The number of alkyl halides is 3. The summed E-state index contributed by atoms with van der Waals surface area (Å²) in [5, 5.41) is 2.88. The van der Waals surface area contributed by atoms with Crippen LogP contribution in [0.25, 0.3) is 0 Å². The van der Waals surface area contributed by atoms with Gasteiger partial charge in [0.2, 0.25) is 0 Å². The predicted molar refractivity (Wildman–Crippen MR) is 84.5 cm³/mol. The van der Waals surface area contributed by atoms with Gasteiger partial charge in [-0.2, -0.15) is 13.2 Å². The van der Waals surface area contributed by atoms with Crippen molar-refractivity contribution >= 4 is 5.91 Å². The van der Waals surface area contributed by atoms with E-state index in [9.17, 15) is 18.0 Å². The second-order valence-electron chi connectivity index (χ2n) is 5.41. The molecule has 128 valence electrons. The predicted octanol–water partition coefficient (Wildman–Crippen LogP) is 4.26. The number of amides is 1. The Balaban J connectivity index is 1.89. The van der Waals surface area contributed by atoms with Gasteiger partial charge >= 0.3 is 6.18 Å². The minimum atomic E-state index is -4.34. The highest BCUT2D eigenvalue weighted by atomic mass is 19.4. The minimum absolute atomic E-state index is 0.145. The fraction of sp³-hybridized carbons (Fsp3) is 0.278. The van der Waals surface area contributed by atoms with E-state index in [-0.39, 0.29) is 18.6 Å². The van der Waals surface area contributed by atoms with Gasteiger partial charge in [-0.1, -0.05) is 42.5 Å². The third-order valence-electron chi connectivity index (χ3n) is 3.40. The zero-order valence-corrected chi connectivity index (χ0v) is 13.1. The van der Waals surface area contributed by atoms with E-state index in [4.69, 9.17) is 0 Å². The average Bonchev–Trinajstić information content (AvgIpc) is 2.55. The molecule has 6 heteroatoms. The van der Waals surface area contributed by atoms with Crippen LogP contribution in [0.5, 0.6) is 0 Å². The van der Waals surface area contributed by atoms with E-state index < -0.39 is 12.8 Å². The van der Waals surface area contributed by atoms with Gasteiger partial charge in [0.25, 0.3) is 5.91 Å². The van der Waals surface area contributed by atoms with E-state index >= 15 is 0 Å². The molecule has 0 fully saturated rings. The zero-order valence-electron chi connectivity index (χ0n) is 13.1. The number of carbonyl (C=O) groups is 1. The lowest BCUT2D eigenvalue weighted by molar-refractivity contribution is -0.176. The molecule has 0 aliphatic carbocycles. The number of hydrogen-bond donors (Lipinski definition) is 1. The van der Waals surface area contributed by atoms with Crippen molar-refractivity contribution < 1.29 is 22.7 Å². The van der Waals surface area contributed by atoms with Crippen LogP contribution in [0.1, 0.15) is 34.5 Å². The van der Waals surface area contributed by atoms with Crippen LogP contribution < -0.4 is 5.32 Å². The molecule has 0 spiro atoms. The van der Waals surface area contributed by atoms with Crippen molar-refractivity contribution in [1.82, 2.24) is 5.32 Å². The maximum Gasteiger partial charge on any atom is 0.411 e. The van der Waals surface area contributed by atoms with Crippen molar-refractivity contribution in [1.29, 1.82) is 0 Å². The first kappa shape index (κ1) is 18.0. The van der Waals surface area contributed by atoms with Crippen LogP contribution in [-0.4, -0.2) is 18.7 Å². The van der Waals surface area contributed by atoms with Gasteiger partial charge in [-0.05, 0) is 30.2 Å². The van der Waals surface area contributed by atoms with Gasteiger partial charge < -0.3 is 10.1 Å². The summed E-state index contributed by atoms with van der Waals surface area (Å²) in [5.74, 6) is -0.242. The fourth-order valence-electron chi connectivity index (χ4n) is 2.14. The molecule has 3 nitrogen and oxygen atoms in total. The van der Waals surface area contributed by atoms with Crippen LogP contribution in [0.3, 0.4) is 0 Å². The molecule has 0 heterocycles. The standard InChI is InChI=1S/C18H18F3NO2/c1-13(15-5-3-2-4-6-15)22-17(23)16-9-7-14(8-10-16)11-24-12-18(19,20)21/h2-10,13H,11-12H2,1H3,(H,22,23)/t13-/m0/s1. The quantitative estimate of drug-likeness (QED) is 0.855. The molecule has 2 rings (SSSR count). The number of carbonyl (C=O) groups excluding carboxylic acids is 1. The molecular weight excluding hydrogens is 319 g/mol. The summed E-state index contributed by atoms with van der Waals surface area (Å²) in [6.07, 6.45) is -4.34. The van der Waals surface area contributed by atoms with Crippen LogP contribution >= 0.6 is 0 Å². The first-order chi connectivity index (χ1) is 11.3. The Bertz CT molecular complexity index is 654. The number of ether oxygens (including phenoxy) is 1. The second-order valence-corrected chi connectivity index (χ2v) is 5.41. The van der Waals surface area contributed by atoms with Crippen LogP contribution in [0.2, 0.25) is 0 Å². The smallest absolute Gasteiger partial charge is 0.367 e. The lowest BCUT2D eigenvalue weighted by atomic mass is 10.1. The molecule has 0 unspecified atom stereocenters. The molecule has 0 saturated carbocycles.